The Morgan fingerprint density at radius 2 is 1.36 bits per heavy atom. The molecule has 2 nitrogen and oxygen atoms in total. The molecule has 0 amide bonds. The molecule has 0 aliphatic rings. The third-order valence-electron chi connectivity index (χ3n) is 3.99. The van der Waals surface area contributed by atoms with Gasteiger partial charge in [0.2, 0.25) is 0 Å². The number of Topliss-reactive ketones (excluding diaryl/α,β-unsaturated/α-hetero) is 1. The zero-order chi connectivity index (χ0) is 16.0. The Bertz CT molecular complexity index is 395. The van der Waals surface area contributed by atoms with E-state index in [0.717, 1.165) is 17.7 Å². The van der Waals surface area contributed by atoms with Crippen LogP contribution in [0.15, 0.2) is 24.3 Å². The van der Waals surface area contributed by atoms with Crippen LogP contribution in [0.2, 0.25) is 0 Å². The summed E-state index contributed by atoms with van der Waals surface area (Å²) in [6.45, 7) is 4.87. The second-order valence-corrected chi connectivity index (χ2v) is 5.96. The molecule has 0 aliphatic carbocycles. The van der Waals surface area contributed by atoms with Crippen LogP contribution in [0.1, 0.15) is 88.4 Å². The van der Waals surface area contributed by atoms with Crippen molar-refractivity contribution in [3.05, 3.63) is 29.8 Å². The maximum absolute atomic E-state index is 12.1. The average molecular weight is 304 g/mol. The number of carbonyl (C=O) groups is 1. The maximum atomic E-state index is 12.1. The van der Waals surface area contributed by atoms with Crippen LogP contribution in [0.3, 0.4) is 0 Å². The molecule has 1 aromatic rings. The van der Waals surface area contributed by atoms with Gasteiger partial charge in [-0.2, -0.15) is 0 Å². The van der Waals surface area contributed by atoms with Crippen LogP contribution in [0.4, 0.5) is 0 Å². The summed E-state index contributed by atoms with van der Waals surface area (Å²) in [5, 5.41) is 0. The van der Waals surface area contributed by atoms with Crippen molar-refractivity contribution >= 4 is 5.78 Å². The molecule has 0 spiro atoms. The highest BCUT2D eigenvalue weighted by atomic mass is 16.5. The largest absolute Gasteiger partial charge is 0.494 e. The molecule has 124 valence electrons. The van der Waals surface area contributed by atoms with Crippen LogP contribution in [-0.4, -0.2) is 12.4 Å². The molecule has 0 N–H and O–H groups in total. The third-order valence-corrected chi connectivity index (χ3v) is 3.99. The van der Waals surface area contributed by atoms with E-state index < -0.39 is 0 Å². The molecule has 22 heavy (non-hydrogen) atoms. The normalized spacial score (nSPS) is 10.6. The smallest absolute Gasteiger partial charge is 0.162 e. The minimum absolute atomic E-state index is 0.256. The predicted molar refractivity (Wildman–Crippen MR) is 93.8 cm³/mol. The number of carbonyl (C=O) groups excluding carboxylic acids is 1. The summed E-state index contributed by atoms with van der Waals surface area (Å²) in [7, 11) is 0. The van der Waals surface area contributed by atoms with E-state index in [9.17, 15) is 4.79 Å². The molecule has 0 unspecified atom stereocenters. The lowest BCUT2D eigenvalue weighted by atomic mass is 10.0. The van der Waals surface area contributed by atoms with Crippen molar-refractivity contribution < 1.29 is 9.53 Å². The first-order valence-electron chi connectivity index (χ1n) is 9.04. The van der Waals surface area contributed by atoms with Crippen LogP contribution in [0, 0.1) is 0 Å². The predicted octanol–water partition coefficient (Wildman–Crippen LogP) is 6.19. The van der Waals surface area contributed by atoms with Gasteiger partial charge in [0.05, 0.1) is 6.61 Å². The molecular formula is C20H32O2. The monoisotopic (exact) mass is 304 g/mol. The van der Waals surface area contributed by atoms with Gasteiger partial charge in [0, 0.05) is 12.0 Å². The van der Waals surface area contributed by atoms with Crippen molar-refractivity contribution in [3.8, 4) is 5.75 Å². The molecule has 0 aromatic heterocycles. The van der Waals surface area contributed by atoms with Crippen molar-refractivity contribution in [1.29, 1.82) is 0 Å². The van der Waals surface area contributed by atoms with Gasteiger partial charge in [0.1, 0.15) is 5.75 Å². The van der Waals surface area contributed by atoms with E-state index in [0.29, 0.717) is 13.0 Å². The van der Waals surface area contributed by atoms with Crippen LogP contribution in [0.5, 0.6) is 5.75 Å². The quantitative estimate of drug-likeness (QED) is 0.321. The van der Waals surface area contributed by atoms with E-state index >= 15 is 0 Å². The van der Waals surface area contributed by atoms with Gasteiger partial charge in [-0.15, -0.1) is 0 Å². The van der Waals surface area contributed by atoms with E-state index in [-0.39, 0.29) is 5.78 Å². The highest BCUT2D eigenvalue weighted by molar-refractivity contribution is 5.96. The van der Waals surface area contributed by atoms with Crippen LogP contribution in [-0.2, 0) is 0 Å². The Balaban J connectivity index is 2.08. The molecule has 1 rings (SSSR count). The molecule has 2 heteroatoms. The molecular weight excluding hydrogens is 272 g/mol. The van der Waals surface area contributed by atoms with Gasteiger partial charge < -0.3 is 4.74 Å². The molecule has 1 aromatic carbocycles. The first-order chi connectivity index (χ1) is 10.8. The van der Waals surface area contributed by atoms with Crippen molar-refractivity contribution in [1.82, 2.24) is 0 Å². The average Bonchev–Trinajstić information content (AvgIpc) is 2.54. The molecule has 0 aliphatic heterocycles. The molecule has 0 atom stereocenters. The van der Waals surface area contributed by atoms with Crippen molar-refractivity contribution in [2.24, 2.45) is 0 Å². The van der Waals surface area contributed by atoms with Crippen LogP contribution in [0.25, 0.3) is 0 Å². The van der Waals surface area contributed by atoms with Gasteiger partial charge in [-0.25, -0.2) is 0 Å². The SMILES string of the molecule is CCCCCCCCCCCC(=O)c1ccc(OCC)cc1. The number of ketones is 1. The summed E-state index contributed by atoms with van der Waals surface area (Å²) in [5.74, 6) is 1.09. The Kier molecular flexibility index (Phi) is 10.4. The summed E-state index contributed by atoms with van der Waals surface area (Å²) in [5.41, 5.74) is 0.808. The topological polar surface area (TPSA) is 26.3 Å². The van der Waals surface area contributed by atoms with E-state index in [1.54, 1.807) is 0 Å². The summed E-state index contributed by atoms with van der Waals surface area (Å²) in [6.07, 6.45) is 12.2. The summed E-state index contributed by atoms with van der Waals surface area (Å²) in [4.78, 5) is 12.1. The fraction of sp³-hybridized carbons (Fsp3) is 0.650. The van der Waals surface area contributed by atoms with Crippen molar-refractivity contribution in [2.75, 3.05) is 6.61 Å². The zero-order valence-electron chi connectivity index (χ0n) is 14.4. The summed E-state index contributed by atoms with van der Waals surface area (Å²) >= 11 is 0. The van der Waals surface area contributed by atoms with E-state index in [1.807, 2.05) is 31.2 Å². The summed E-state index contributed by atoms with van der Waals surface area (Å²) < 4.78 is 5.39. The lowest BCUT2D eigenvalue weighted by Crippen LogP contribution is -1.99. The minimum Gasteiger partial charge on any atom is -0.494 e. The number of ether oxygens (including phenoxy) is 1. The zero-order valence-corrected chi connectivity index (χ0v) is 14.4. The number of hydrogen-bond donors (Lipinski definition) is 0. The maximum Gasteiger partial charge on any atom is 0.162 e. The summed E-state index contributed by atoms with van der Waals surface area (Å²) in [6, 6.07) is 7.52. The molecule has 0 bridgehead atoms. The Labute approximate surface area is 136 Å². The first kappa shape index (κ1) is 18.7. The molecule has 0 heterocycles. The van der Waals surface area contributed by atoms with Crippen LogP contribution < -0.4 is 4.74 Å². The lowest BCUT2D eigenvalue weighted by molar-refractivity contribution is 0.0979. The Morgan fingerprint density at radius 1 is 0.818 bits per heavy atom. The van der Waals surface area contributed by atoms with Gasteiger partial charge in [-0.3, -0.25) is 4.79 Å². The molecule has 0 fully saturated rings. The Morgan fingerprint density at radius 3 is 1.91 bits per heavy atom. The number of benzene rings is 1. The number of unbranched alkanes of at least 4 members (excludes halogenated alkanes) is 8. The van der Waals surface area contributed by atoms with E-state index in [4.69, 9.17) is 4.74 Å². The molecule has 0 saturated heterocycles. The van der Waals surface area contributed by atoms with Gasteiger partial charge in [0.25, 0.3) is 0 Å². The van der Waals surface area contributed by atoms with E-state index in [2.05, 4.69) is 6.92 Å². The molecule has 0 saturated carbocycles. The van der Waals surface area contributed by atoms with E-state index in [1.165, 1.54) is 51.4 Å². The van der Waals surface area contributed by atoms with Gasteiger partial charge in [-0.05, 0) is 37.6 Å². The highest BCUT2D eigenvalue weighted by Crippen LogP contribution is 2.15. The van der Waals surface area contributed by atoms with Crippen molar-refractivity contribution in [2.45, 2.75) is 78.1 Å². The third kappa shape index (κ3) is 8.21. The highest BCUT2D eigenvalue weighted by Gasteiger charge is 2.05. The van der Waals surface area contributed by atoms with Gasteiger partial charge in [0.15, 0.2) is 5.78 Å². The standard InChI is InChI=1S/C20H32O2/c1-3-5-6-7-8-9-10-11-12-13-20(21)18-14-16-19(17-15-18)22-4-2/h14-17H,3-13H2,1-2H3. The number of rotatable bonds is 13. The second-order valence-electron chi connectivity index (χ2n) is 5.96. The molecule has 0 radical (unpaired) electrons. The van der Waals surface area contributed by atoms with Gasteiger partial charge in [-0.1, -0.05) is 58.3 Å². The first-order valence-corrected chi connectivity index (χ1v) is 9.04. The van der Waals surface area contributed by atoms with Crippen LogP contribution >= 0.6 is 0 Å². The Hall–Kier alpha value is -1.31. The fourth-order valence-corrected chi connectivity index (χ4v) is 2.64. The fourth-order valence-electron chi connectivity index (χ4n) is 2.64. The minimum atomic E-state index is 0.256. The second kappa shape index (κ2) is 12.3. The van der Waals surface area contributed by atoms with Crippen molar-refractivity contribution in [3.63, 3.8) is 0 Å². The van der Waals surface area contributed by atoms with Gasteiger partial charge >= 0.3 is 0 Å². The lowest BCUT2D eigenvalue weighted by Gasteiger charge is -2.05. The number of hydrogen-bond acceptors (Lipinski definition) is 2.